The fourth-order valence-corrected chi connectivity index (χ4v) is 1.07. The lowest BCUT2D eigenvalue weighted by Crippen LogP contribution is -2.13. The van der Waals surface area contributed by atoms with E-state index in [0.717, 1.165) is 5.56 Å². The van der Waals surface area contributed by atoms with Crippen LogP contribution in [0.15, 0.2) is 30.3 Å². The number of esters is 1. The Balaban J connectivity index is 0.00000256. The molecule has 0 amide bonds. The molecule has 17 heavy (non-hydrogen) atoms. The SMILES string of the molecule is Cl.NOC(=O)CCC(=O)OCc1ccccc1. The van der Waals surface area contributed by atoms with Gasteiger partial charge in [-0.2, -0.15) is 5.90 Å². The maximum absolute atomic E-state index is 11.2. The maximum atomic E-state index is 11.2. The van der Waals surface area contributed by atoms with E-state index in [9.17, 15) is 9.59 Å². The molecule has 0 fully saturated rings. The maximum Gasteiger partial charge on any atom is 0.325 e. The molecule has 0 spiro atoms. The van der Waals surface area contributed by atoms with E-state index in [2.05, 4.69) is 10.7 Å². The first-order valence-corrected chi connectivity index (χ1v) is 4.81. The van der Waals surface area contributed by atoms with Gasteiger partial charge in [0.15, 0.2) is 0 Å². The van der Waals surface area contributed by atoms with Crippen LogP contribution in [-0.2, 0) is 25.8 Å². The summed E-state index contributed by atoms with van der Waals surface area (Å²) in [5.41, 5.74) is 0.900. The summed E-state index contributed by atoms with van der Waals surface area (Å²) >= 11 is 0. The molecule has 0 aliphatic carbocycles. The second kappa shape index (κ2) is 8.55. The molecule has 0 aromatic heterocycles. The van der Waals surface area contributed by atoms with Crippen LogP contribution in [0.4, 0.5) is 0 Å². The molecule has 5 nitrogen and oxygen atoms in total. The monoisotopic (exact) mass is 259 g/mol. The van der Waals surface area contributed by atoms with Gasteiger partial charge in [0.1, 0.15) is 6.61 Å². The van der Waals surface area contributed by atoms with E-state index in [1.807, 2.05) is 30.3 Å². The minimum Gasteiger partial charge on any atom is -0.461 e. The normalized spacial score (nSPS) is 9.00. The minimum absolute atomic E-state index is 0. The Kier molecular flexibility index (Phi) is 7.75. The van der Waals surface area contributed by atoms with Crippen LogP contribution < -0.4 is 5.90 Å². The third-order valence-electron chi connectivity index (χ3n) is 1.91. The molecular weight excluding hydrogens is 246 g/mol. The van der Waals surface area contributed by atoms with E-state index < -0.39 is 11.9 Å². The summed E-state index contributed by atoms with van der Waals surface area (Å²) in [7, 11) is 0. The Morgan fingerprint density at radius 3 is 2.24 bits per heavy atom. The van der Waals surface area contributed by atoms with Crippen LogP contribution in [0.25, 0.3) is 0 Å². The van der Waals surface area contributed by atoms with E-state index >= 15 is 0 Å². The van der Waals surface area contributed by atoms with Gasteiger partial charge in [0.05, 0.1) is 12.8 Å². The summed E-state index contributed by atoms with van der Waals surface area (Å²) in [5.74, 6) is 3.54. The average molecular weight is 260 g/mol. The predicted octanol–water partition coefficient (Wildman–Crippen LogP) is 1.35. The Labute approximate surface area is 105 Å². The molecule has 0 aliphatic heterocycles. The quantitative estimate of drug-likeness (QED) is 0.638. The highest BCUT2D eigenvalue weighted by molar-refractivity contribution is 5.85. The first-order valence-electron chi connectivity index (χ1n) is 4.81. The number of carbonyl (C=O) groups excluding carboxylic acids is 2. The van der Waals surface area contributed by atoms with Crippen LogP contribution in [0, 0.1) is 0 Å². The highest BCUT2D eigenvalue weighted by Gasteiger charge is 2.08. The van der Waals surface area contributed by atoms with Gasteiger partial charge in [-0.3, -0.25) is 9.59 Å². The molecule has 0 aliphatic rings. The summed E-state index contributed by atoms with van der Waals surface area (Å²) in [4.78, 5) is 25.7. The molecule has 1 aromatic rings. The van der Waals surface area contributed by atoms with Gasteiger partial charge in [0, 0.05) is 0 Å². The Hall–Kier alpha value is -1.59. The van der Waals surface area contributed by atoms with Gasteiger partial charge in [-0.1, -0.05) is 30.3 Å². The van der Waals surface area contributed by atoms with Crippen molar-refractivity contribution in [2.75, 3.05) is 0 Å². The second-order valence-electron chi connectivity index (χ2n) is 3.14. The number of rotatable bonds is 5. The van der Waals surface area contributed by atoms with Crippen LogP contribution in [0.3, 0.4) is 0 Å². The van der Waals surface area contributed by atoms with E-state index in [-0.39, 0.29) is 31.9 Å². The highest BCUT2D eigenvalue weighted by atomic mass is 35.5. The van der Waals surface area contributed by atoms with Crippen LogP contribution >= 0.6 is 12.4 Å². The smallest absolute Gasteiger partial charge is 0.325 e. The zero-order chi connectivity index (χ0) is 11.8. The van der Waals surface area contributed by atoms with Gasteiger partial charge in [0.2, 0.25) is 0 Å². The Morgan fingerprint density at radius 2 is 1.65 bits per heavy atom. The van der Waals surface area contributed by atoms with Crippen molar-refractivity contribution in [3.63, 3.8) is 0 Å². The lowest BCUT2D eigenvalue weighted by Gasteiger charge is -2.03. The van der Waals surface area contributed by atoms with Gasteiger partial charge in [-0.05, 0) is 5.56 Å². The molecule has 1 aromatic carbocycles. The molecule has 0 heterocycles. The number of benzene rings is 1. The fraction of sp³-hybridized carbons (Fsp3) is 0.273. The van der Waals surface area contributed by atoms with Crippen molar-refractivity contribution in [2.45, 2.75) is 19.4 Å². The number of ether oxygens (including phenoxy) is 1. The first-order chi connectivity index (χ1) is 7.72. The number of carbonyl (C=O) groups is 2. The molecule has 0 unspecified atom stereocenters. The van der Waals surface area contributed by atoms with Crippen LogP contribution in [0.2, 0.25) is 0 Å². The number of hydrogen-bond donors (Lipinski definition) is 1. The molecule has 0 atom stereocenters. The van der Waals surface area contributed by atoms with Crippen molar-refractivity contribution >= 4 is 24.3 Å². The third-order valence-corrected chi connectivity index (χ3v) is 1.91. The number of nitrogens with two attached hydrogens (primary N) is 1. The molecule has 0 saturated heterocycles. The standard InChI is InChI=1S/C11H13NO4.ClH/c12-16-11(14)7-6-10(13)15-8-9-4-2-1-3-5-9;/h1-5H,6-8,12H2;1H. The van der Waals surface area contributed by atoms with Gasteiger partial charge in [-0.15, -0.1) is 12.4 Å². The molecule has 6 heteroatoms. The summed E-state index contributed by atoms with van der Waals surface area (Å²) in [5, 5.41) is 0. The molecule has 1 rings (SSSR count). The van der Waals surface area contributed by atoms with Crippen LogP contribution in [0.5, 0.6) is 0 Å². The zero-order valence-corrected chi connectivity index (χ0v) is 9.94. The van der Waals surface area contributed by atoms with Crippen LogP contribution in [0.1, 0.15) is 18.4 Å². The summed E-state index contributed by atoms with van der Waals surface area (Å²) in [6.45, 7) is 0.206. The number of halogens is 1. The summed E-state index contributed by atoms with van der Waals surface area (Å²) in [6, 6.07) is 9.29. The highest BCUT2D eigenvalue weighted by Crippen LogP contribution is 2.02. The van der Waals surface area contributed by atoms with Crippen molar-refractivity contribution in [3.8, 4) is 0 Å². The third kappa shape index (κ3) is 6.55. The lowest BCUT2D eigenvalue weighted by atomic mass is 10.2. The first kappa shape index (κ1) is 15.4. The van der Waals surface area contributed by atoms with Gasteiger partial charge < -0.3 is 9.57 Å². The largest absolute Gasteiger partial charge is 0.461 e. The fourth-order valence-electron chi connectivity index (χ4n) is 1.07. The molecule has 0 saturated carbocycles. The van der Waals surface area contributed by atoms with Crippen molar-refractivity contribution in [3.05, 3.63) is 35.9 Å². The van der Waals surface area contributed by atoms with Gasteiger partial charge in [-0.25, -0.2) is 0 Å². The average Bonchev–Trinajstić information content (AvgIpc) is 2.34. The van der Waals surface area contributed by atoms with Crippen molar-refractivity contribution in [2.24, 2.45) is 5.90 Å². The topological polar surface area (TPSA) is 78.6 Å². The molecule has 0 bridgehead atoms. The molecular formula is C11H14ClNO4. The van der Waals surface area contributed by atoms with Crippen molar-refractivity contribution in [1.82, 2.24) is 0 Å². The summed E-state index contributed by atoms with van der Waals surface area (Å²) < 4.78 is 4.94. The van der Waals surface area contributed by atoms with E-state index in [1.165, 1.54) is 0 Å². The zero-order valence-electron chi connectivity index (χ0n) is 9.13. The van der Waals surface area contributed by atoms with Crippen LogP contribution in [-0.4, -0.2) is 11.9 Å². The van der Waals surface area contributed by atoms with Gasteiger partial charge >= 0.3 is 11.9 Å². The predicted molar refractivity (Wildman–Crippen MR) is 63.0 cm³/mol. The van der Waals surface area contributed by atoms with E-state index in [0.29, 0.717) is 0 Å². The number of hydrogen-bond acceptors (Lipinski definition) is 5. The van der Waals surface area contributed by atoms with Crippen molar-refractivity contribution < 1.29 is 19.2 Å². The molecule has 94 valence electrons. The second-order valence-corrected chi connectivity index (χ2v) is 3.14. The van der Waals surface area contributed by atoms with E-state index in [4.69, 9.17) is 4.74 Å². The summed E-state index contributed by atoms with van der Waals surface area (Å²) in [6.07, 6.45) is -0.0903. The minimum atomic E-state index is -0.628. The van der Waals surface area contributed by atoms with E-state index in [1.54, 1.807) is 0 Å². The molecule has 0 radical (unpaired) electrons. The van der Waals surface area contributed by atoms with Gasteiger partial charge in [0.25, 0.3) is 0 Å². The molecule has 2 N–H and O–H groups in total. The Bertz CT molecular complexity index is 356. The van der Waals surface area contributed by atoms with Crippen molar-refractivity contribution in [1.29, 1.82) is 0 Å². The Morgan fingerprint density at radius 1 is 1.06 bits per heavy atom. The lowest BCUT2D eigenvalue weighted by molar-refractivity contribution is -0.151.